The third kappa shape index (κ3) is 4.74. The molecule has 2 rings (SSSR count). The average molecular weight is 329 g/mol. The number of ether oxygens (including phenoxy) is 3. The minimum atomic E-state index is -0.500. The van der Waals surface area contributed by atoms with Crippen LogP contribution in [0.25, 0.3) is 0 Å². The van der Waals surface area contributed by atoms with Gasteiger partial charge in [-0.1, -0.05) is 12.1 Å². The van der Waals surface area contributed by atoms with Crippen LogP contribution in [0, 0.1) is 0 Å². The number of esters is 1. The van der Waals surface area contributed by atoms with Crippen molar-refractivity contribution in [2.24, 2.45) is 0 Å². The minimum absolute atomic E-state index is 0.154. The highest BCUT2D eigenvalue weighted by atomic mass is 16.5. The van der Waals surface area contributed by atoms with E-state index in [4.69, 9.17) is 14.2 Å². The lowest BCUT2D eigenvalue weighted by Gasteiger charge is -2.10. The lowest BCUT2D eigenvalue weighted by atomic mass is 10.1. The molecule has 2 aromatic rings. The second-order valence-corrected chi connectivity index (χ2v) is 4.86. The number of hydrogen-bond donors (Lipinski definition) is 1. The summed E-state index contributed by atoms with van der Waals surface area (Å²) >= 11 is 0. The molecule has 24 heavy (non-hydrogen) atoms. The van der Waals surface area contributed by atoms with E-state index in [-0.39, 0.29) is 18.9 Å². The summed E-state index contributed by atoms with van der Waals surface area (Å²) in [5.41, 5.74) is 0.725. The highest BCUT2D eigenvalue weighted by molar-refractivity contribution is 6.01. The Morgan fingerprint density at radius 1 is 0.958 bits per heavy atom. The van der Waals surface area contributed by atoms with Gasteiger partial charge in [0, 0.05) is 0 Å². The van der Waals surface area contributed by atoms with Gasteiger partial charge in [0.25, 0.3) is 0 Å². The van der Waals surface area contributed by atoms with E-state index < -0.39 is 5.97 Å². The Hall–Kier alpha value is -3.02. The van der Waals surface area contributed by atoms with E-state index in [2.05, 4.69) is 5.32 Å². The molecule has 0 saturated carbocycles. The molecule has 1 amide bonds. The van der Waals surface area contributed by atoms with Gasteiger partial charge >= 0.3 is 5.97 Å². The Bertz CT molecular complexity index is 697. The van der Waals surface area contributed by atoms with Gasteiger partial charge in [-0.05, 0) is 36.4 Å². The summed E-state index contributed by atoms with van der Waals surface area (Å²) in [6.07, 6.45) is 0.154. The number of benzene rings is 2. The molecule has 0 saturated heterocycles. The van der Waals surface area contributed by atoms with Gasteiger partial charge in [-0.3, -0.25) is 4.79 Å². The maximum absolute atomic E-state index is 12.0. The fourth-order valence-electron chi connectivity index (χ4n) is 2.03. The fourth-order valence-corrected chi connectivity index (χ4v) is 2.03. The monoisotopic (exact) mass is 329 g/mol. The van der Waals surface area contributed by atoms with Crippen molar-refractivity contribution in [3.05, 3.63) is 54.1 Å². The first-order valence-electron chi connectivity index (χ1n) is 7.38. The molecule has 0 aliphatic rings. The van der Waals surface area contributed by atoms with Crippen molar-refractivity contribution in [3.8, 4) is 11.5 Å². The first kappa shape index (κ1) is 17.3. The SMILES string of the molecule is COC(=O)c1ccccc1NC(=O)CCOc1ccc(OC)cc1. The van der Waals surface area contributed by atoms with Gasteiger partial charge in [-0.25, -0.2) is 4.79 Å². The van der Waals surface area contributed by atoms with Gasteiger partial charge in [0.1, 0.15) is 11.5 Å². The zero-order valence-corrected chi connectivity index (χ0v) is 13.6. The van der Waals surface area contributed by atoms with Crippen LogP contribution in [0.4, 0.5) is 5.69 Å². The molecular formula is C18H19NO5. The highest BCUT2D eigenvalue weighted by Crippen LogP contribution is 2.18. The Labute approximate surface area is 140 Å². The molecular weight excluding hydrogens is 310 g/mol. The van der Waals surface area contributed by atoms with Gasteiger partial charge in [0.05, 0.1) is 38.5 Å². The maximum atomic E-state index is 12.0. The number of carbonyl (C=O) groups excluding carboxylic acids is 2. The molecule has 0 aliphatic carbocycles. The quantitative estimate of drug-likeness (QED) is 0.791. The third-order valence-electron chi connectivity index (χ3n) is 3.26. The van der Waals surface area contributed by atoms with Gasteiger partial charge in [-0.2, -0.15) is 0 Å². The van der Waals surface area contributed by atoms with Crippen molar-refractivity contribution in [2.45, 2.75) is 6.42 Å². The second kappa shape index (κ2) is 8.57. The van der Waals surface area contributed by atoms with Crippen LogP contribution in [0.3, 0.4) is 0 Å². The number of methoxy groups -OCH3 is 2. The summed E-state index contributed by atoms with van der Waals surface area (Å²) in [4.78, 5) is 23.7. The number of rotatable bonds is 7. The van der Waals surface area contributed by atoms with E-state index in [9.17, 15) is 9.59 Å². The van der Waals surface area contributed by atoms with Crippen LogP contribution < -0.4 is 14.8 Å². The molecule has 0 aromatic heterocycles. The average Bonchev–Trinajstić information content (AvgIpc) is 2.62. The Morgan fingerprint density at radius 2 is 1.62 bits per heavy atom. The minimum Gasteiger partial charge on any atom is -0.497 e. The van der Waals surface area contributed by atoms with Crippen LogP contribution in [0.15, 0.2) is 48.5 Å². The molecule has 6 heteroatoms. The highest BCUT2D eigenvalue weighted by Gasteiger charge is 2.13. The number of hydrogen-bond acceptors (Lipinski definition) is 5. The predicted octanol–water partition coefficient (Wildman–Crippen LogP) is 2.89. The van der Waals surface area contributed by atoms with E-state index >= 15 is 0 Å². The van der Waals surface area contributed by atoms with Crippen molar-refractivity contribution in [1.29, 1.82) is 0 Å². The normalized spacial score (nSPS) is 9.92. The Kier molecular flexibility index (Phi) is 6.19. The summed E-state index contributed by atoms with van der Waals surface area (Å²) < 4.78 is 15.3. The zero-order valence-electron chi connectivity index (χ0n) is 13.6. The smallest absolute Gasteiger partial charge is 0.339 e. The van der Waals surface area contributed by atoms with Crippen LogP contribution in [-0.2, 0) is 9.53 Å². The second-order valence-electron chi connectivity index (χ2n) is 4.86. The molecule has 0 fully saturated rings. The Balaban J connectivity index is 1.86. The molecule has 0 heterocycles. The number of amides is 1. The Morgan fingerprint density at radius 3 is 2.29 bits per heavy atom. The molecule has 0 spiro atoms. The van der Waals surface area contributed by atoms with Gasteiger partial charge < -0.3 is 19.5 Å². The zero-order chi connectivity index (χ0) is 17.4. The molecule has 6 nitrogen and oxygen atoms in total. The summed E-state index contributed by atoms with van der Waals surface area (Å²) in [5, 5.41) is 2.69. The summed E-state index contributed by atoms with van der Waals surface area (Å²) in [6.45, 7) is 0.221. The van der Waals surface area contributed by atoms with Crippen molar-refractivity contribution < 1.29 is 23.8 Å². The fraction of sp³-hybridized carbons (Fsp3) is 0.222. The largest absolute Gasteiger partial charge is 0.497 e. The van der Waals surface area contributed by atoms with Crippen LogP contribution in [0.1, 0.15) is 16.8 Å². The topological polar surface area (TPSA) is 73.9 Å². The lowest BCUT2D eigenvalue weighted by Crippen LogP contribution is -2.17. The van der Waals surface area contributed by atoms with Crippen LogP contribution >= 0.6 is 0 Å². The van der Waals surface area contributed by atoms with Crippen molar-refractivity contribution in [2.75, 3.05) is 26.1 Å². The number of anilines is 1. The van der Waals surface area contributed by atoms with E-state index in [1.54, 1.807) is 55.6 Å². The van der Waals surface area contributed by atoms with Gasteiger partial charge in [-0.15, -0.1) is 0 Å². The van der Waals surface area contributed by atoms with E-state index in [1.807, 2.05) is 0 Å². The van der Waals surface area contributed by atoms with Crippen molar-refractivity contribution in [3.63, 3.8) is 0 Å². The lowest BCUT2D eigenvalue weighted by molar-refractivity contribution is -0.116. The van der Waals surface area contributed by atoms with Gasteiger partial charge in [0.15, 0.2) is 0 Å². The van der Waals surface area contributed by atoms with Gasteiger partial charge in [0.2, 0.25) is 5.91 Å². The van der Waals surface area contributed by atoms with E-state index in [0.717, 1.165) is 5.75 Å². The molecule has 0 radical (unpaired) electrons. The summed E-state index contributed by atoms with van der Waals surface area (Å²) in [6, 6.07) is 13.8. The van der Waals surface area contributed by atoms with Crippen molar-refractivity contribution in [1.82, 2.24) is 0 Å². The van der Waals surface area contributed by atoms with E-state index in [0.29, 0.717) is 17.0 Å². The first-order valence-corrected chi connectivity index (χ1v) is 7.38. The van der Waals surface area contributed by atoms with E-state index in [1.165, 1.54) is 7.11 Å². The summed E-state index contributed by atoms with van der Waals surface area (Å²) in [7, 11) is 2.88. The number of carbonyl (C=O) groups is 2. The number of para-hydroxylation sites is 1. The van der Waals surface area contributed by atoms with Crippen molar-refractivity contribution >= 4 is 17.6 Å². The third-order valence-corrected chi connectivity index (χ3v) is 3.26. The summed E-state index contributed by atoms with van der Waals surface area (Å²) in [5.74, 6) is 0.637. The predicted molar refractivity (Wildman–Crippen MR) is 89.5 cm³/mol. The number of nitrogens with one attached hydrogen (secondary N) is 1. The molecule has 0 atom stereocenters. The van der Waals surface area contributed by atoms with Crippen LogP contribution in [0.5, 0.6) is 11.5 Å². The molecule has 126 valence electrons. The molecule has 0 aliphatic heterocycles. The molecule has 2 aromatic carbocycles. The molecule has 0 unspecified atom stereocenters. The van der Waals surface area contributed by atoms with Crippen LogP contribution in [-0.4, -0.2) is 32.7 Å². The van der Waals surface area contributed by atoms with Crippen LogP contribution in [0.2, 0.25) is 0 Å². The maximum Gasteiger partial charge on any atom is 0.339 e. The molecule has 1 N–H and O–H groups in total. The standard InChI is InChI=1S/C18H19NO5/c1-22-13-7-9-14(10-8-13)24-12-11-17(20)19-16-6-4-3-5-15(16)18(21)23-2/h3-10H,11-12H2,1-2H3,(H,19,20). The first-order chi connectivity index (χ1) is 11.6. The molecule has 0 bridgehead atoms.